The highest BCUT2D eigenvalue weighted by Crippen LogP contribution is 2.25. The SMILES string of the molecule is CC(=O)CNC(=O)CNC(=O)[C@@H]1CCCN1C(=O)[C@H](CCCNC(N)=O)CC(=O)[C@@H](NC(=O)CCOCCOCCOCCOCCN1C(=O)C=CC1=O)C(C)C. The number of carbonyl (C=O) groups is 9. The summed E-state index contributed by atoms with van der Waals surface area (Å²) >= 11 is 0. The van der Waals surface area contributed by atoms with Gasteiger partial charge in [-0.1, -0.05) is 13.8 Å². The molecule has 2 rings (SSSR count). The zero-order chi connectivity index (χ0) is 42.2. The van der Waals surface area contributed by atoms with E-state index in [2.05, 4.69) is 21.3 Å². The number of hydrogen-bond donors (Lipinski definition) is 5. The minimum absolute atomic E-state index is 0.0192. The zero-order valence-electron chi connectivity index (χ0n) is 33.2. The smallest absolute Gasteiger partial charge is 0.312 e. The maximum atomic E-state index is 13.9. The van der Waals surface area contributed by atoms with Crippen LogP contribution in [0.3, 0.4) is 0 Å². The number of rotatable bonds is 30. The maximum absolute atomic E-state index is 13.9. The second-order valence-electron chi connectivity index (χ2n) is 13.8. The standard InChI is InChI=1S/C37H59N7O13/c1-25(2)34(42-30(47)10-14-54-16-18-56-20-21-57-19-17-55-15-13-44-32(49)8-9-33(44)50)29(46)22-27(6-4-11-39-37(38)53)36(52)43-12-5-7-28(43)35(51)41-24-31(48)40-23-26(3)45/h8-9,25,27-28,34H,4-7,10-24H2,1-3H3,(H,40,48)(H,41,51)(H,42,47)(H3,38,39,53)/t27-,28+,34+/m1/s1. The van der Waals surface area contributed by atoms with Crippen LogP contribution in [0.15, 0.2) is 12.2 Å². The van der Waals surface area contributed by atoms with Crippen molar-refractivity contribution in [2.75, 3.05) is 85.6 Å². The molecule has 1 fully saturated rings. The molecule has 3 atom stereocenters. The van der Waals surface area contributed by atoms with Gasteiger partial charge < -0.3 is 50.8 Å². The summed E-state index contributed by atoms with van der Waals surface area (Å²) < 4.78 is 21.7. The minimum Gasteiger partial charge on any atom is -0.379 e. The fraction of sp³-hybridized carbons (Fsp3) is 0.703. The van der Waals surface area contributed by atoms with Crippen LogP contribution in [0.4, 0.5) is 4.79 Å². The van der Waals surface area contributed by atoms with Gasteiger partial charge in [0, 0.05) is 44.0 Å². The normalized spacial score (nSPS) is 16.1. The molecule has 0 bridgehead atoms. The van der Waals surface area contributed by atoms with E-state index in [9.17, 15) is 43.2 Å². The number of urea groups is 1. The number of nitrogens with one attached hydrogen (secondary N) is 4. The summed E-state index contributed by atoms with van der Waals surface area (Å²) in [5.74, 6) is -4.40. The predicted octanol–water partition coefficient (Wildman–Crippen LogP) is -1.65. The van der Waals surface area contributed by atoms with Gasteiger partial charge in [-0.3, -0.25) is 43.3 Å². The number of nitrogens with zero attached hydrogens (tertiary/aromatic N) is 2. The first-order chi connectivity index (χ1) is 27.2. The van der Waals surface area contributed by atoms with Gasteiger partial charge in [0.25, 0.3) is 11.8 Å². The molecule has 2 aliphatic rings. The van der Waals surface area contributed by atoms with Crippen LogP contribution in [0.25, 0.3) is 0 Å². The molecule has 0 unspecified atom stereocenters. The molecule has 20 heteroatoms. The third-order valence-corrected chi connectivity index (χ3v) is 8.90. The molecule has 6 N–H and O–H groups in total. The molecular weight excluding hydrogens is 750 g/mol. The van der Waals surface area contributed by atoms with Crippen LogP contribution in [0.5, 0.6) is 0 Å². The molecule has 8 amide bonds. The van der Waals surface area contributed by atoms with Crippen molar-refractivity contribution in [2.45, 2.75) is 71.4 Å². The van der Waals surface area contributed by atoms with Gasteiger partial charge >= 0.3 is 6.03 Å². The van der Waals surface area contributed by atoms with Crippen LogP contribution in [0, 0.1) is 11.8 Å². The lowest BCUT2D eigenvalue weighted by Crippen LogP contribution is -2.51. The van der Waals surface area contributed by atoms with Crippen molar-refractivity contribution in [2.24, 2.45) is 17.6 Å². The largest absolute Gasteiger partial charge is 0.379 e. The van der Waals surface area contributed by atoms with Crippen LogP contribution < -0.4 is 27.0 Å². The fourth-order valence-electron chi connectivity index (χ4n) is 5.95. The van der Waals surface area contributed by atoms with Crippen molar-refractivity contribution in [3.63, 3.8) is 0 Å². The lowest BCUT2D eigenvalue weighted by Gasteiger charge is -2.29. The Morgan fingerprint density at radius 1 is 0.807 bits per heavy atom. The number of nitrogens with two attached hydrogens (primary N) is 1. The fourth-order valence-corrected chi connectivity index (χ4v) is 5.95. The van der Waals surface area contributed by atoms with Gasteiger partial charge in [0.05, 0.1) is 78.5 Å². The zero-order valence-corrected chi connectivity index (χ0v) is 33.2. The van der Waals surface area contributed by atoms with Crippen molar-refractivity contribution in [3.8, 4) is 0 Å². The van der Waals surface area contributed by atoms with Gasteiger partial charge in [-0.05, 0) is 38.5 Å². The predicted molar refractivity (Wildman–Crippen MR) is 202 cm³/mol. The van der Waals surface area contributed by atoms with Crippen molar-refractivity contribution in [1.82, 2.24) is 31.1 Å². The third kappa shape index (κ3) is 19.3. The number of imide groups is 1. The molecular formula is C37H59N7O13. The molecule has 0 spiro atoms. The number of carbonyl (C=O) groups excluding carboxylic acids is 9. The van der Waals surface area contributed by atoms with E-state index in [1.165, 1.54) is 24.0 Å². The van der Waals surface area contributed by atoms with E-state index in [4.69, 9.17) is 24.7 Å². The van der Waals surface area contributed by atoms with E-state index in [1.54, 1.807) is 13.8 Å². The van der Waals surface area contributed by atoms with Crippen LogP contribution in [-0.4, -0.2) is 161 Å². The number of likely N-dealkylation sites (tertiary alicyclic amines) is 1. The summed E-state index contributed by atoms with van der Waals surface area (Å²) in [5.41, 5.74) is 5.17. The molecule has 2 aliphatic heterocycles. The van der Waals surface area contributed by atoms with Crippen molar-refractivity contribution < 1.29 is 62.1 Å². The monoisotopic (exact) mass is 809 g/mol. The molecule has 320 valence electrons. The van der Waals surface area contributed by atoms with Crippen LogP contribution >= 0.6 is 0 Å². The van der Waals surface area contributed by atoms with Crippen LogP contribution in [-0.2, 0) is 57.3 Å². The van der Waals surface area contributed by atoms with Gasteiger partial charge in [0.2, 0.25) is 23.6 Å². The summed E-state index contributed by atoms with van der Waals surface area (Å²) in [6, 6.07) is -2.49. The highest BCUT2D eigenvalue weighted by atomic mass is 16.6. The van der Waals surface area contributed by atoms with Gasteiger partial charge in [-0.2, -0.15) is 0 Å². The first-order valence-corrected chi connectivity index (χ1v) is 19.2. The second-order valence-corrected chi connectivity index (χ2v) is 13.8. The highest BCUT2D eigenvalue weighted by Gasteiger charge is 2.38. The number of amides is 8. The van der Waals surface area contributed by atoms with Gasteiger partial charge in [0.15, 0.2) is 5.78 Å². The van der Waals surface area contributed by atoms with Crippen molar-refractivity contribution in [1.29, 1.82) is 0 Å². The topological polar surface area (TPSA) is 271 Å². The molecule has 0 saturated carbocycles. The molecule has 0 radical (unpaired) electrons. The number of primary amides is 1. The van der Waals surface area contributed by atoms with E-state index in [-0.39, 0.29) is 108 Å². The Morgan fingerprint density at radius 3 is 1.98 bits per heavy atom. The Balaban J connectivity index is 1.75. The number of ketones is 2. The highest BCUT2D eigenvalue weighted by molar-refractivity contribution is 6.12. The average molecular weight is 810 g/mol. The lowest BCUT2D eigenvalue weighted by atomic mass is 9.89. The first kappa shape index (κ1) is 48.4. The molecule has 0 aromatic heterocycles. The van der Waals surface area contributed by atoms with Gasteiger partial charge in [0.1, 0.15) is 11.8 Å². The molecule has 0 aromatic rings. The van der Waals surface area contributed by atoms with E-state index < -0.39 is 47.7 Å². The number of hydrogen-bond acceptors (Lipinski definition) is 13. The minimum atomic E-state index is -0.896. The molecule has 57 heavy (non-hydrogen) atoms. The molecule has 20 nitrogen and oxygen atoms in total. The van der Waals surface area contributed by atoms with E-state index >= 15 is 0 Å². The Kier molecular flexibility index (Phi) is 22.9. The van der Waals surface area contributed by atoms with Crippen molar-refractivity contribution in [3.05, 3.63) is 12.2 Å². The van der Waals surface area contributed by atoms with E-state index in [0.717, 1.165) is 4.90 Å². The second kappa shape index (κ2) is 27.0. The molecule has 0 aliphatic carbocycles. The summed E-state index contributed by atoms with van der Waals surface area (Å²) in [6.45, 7) is 6.95. The Labute approximate surface area is 332 Å². The molecule has 0 aromatic carbocycles. The number of Topliss-reactive ketones (excluding diaryl/α,β-unsaturated/α-hetero) is 2. The third-order valence-electron chi connectivity index (χ3n) is 8.90. The summed E-state index contributed by atoms with van der Waals surface area (Å²) in [7, 11) is 0. The first-order valence-electron chi connectivity index (χ1n) is 19.2. The Morgan fingerprint density at radius 2 is 1.40 bits per heavy atom. The average Bonchev–Trinajstić information content (AvgIpc) is 3.78. The van der Waals surface area contributed by atoms with Crippen molar-refractivity contribution >= 4 is 53.0 Å². The van der Waals surface area contributed by atoms with Crippen LogP contribution in [0.1, 0.15) is 59.3 Å². The molecule has 1 saturated heterocycles. The van der Waals surface area contributed by atoms with Gasteiger partial charge in [-0.15, -0.1) is 0 Å². The number of ether oxygens (including phenoxy) is 4. The van der Waals surface area contributed by atoms with E-state index in [0.29, 0.717) is 45.7 Å². The lowest BCUT2D eigenvalue weighted by molar-refractivity contribution is -0.143. The molecule has 2 heterocycles. The maximum Gasteiger partial charge on any atom is 0.312 e. The Bertz CT molecular complexity index is 1410. The summed E-state index contributed by atoms with van der Waals surface area (Å²) in [4.78, 5) is 113. The summed E-state index contributed by atoms with van der Waals surface area (Å²) in [5, 5.41) is 10.1. The quantitative estimate of drug-likeness (QED) is 0.0403. The van der Waals surface area contributed by atoms with E-state index in [1.807, 2.05) is 0 Å². The summed E-state index contributed by atoms with van der Waals surface area (Å²) in [6.07, 6.45) is 3.61. The van der Waals surface area contributed by atoms with Gasteiger partial charge in [-0.25, -0.2) is 4.79 Å². The Hall–Kier alpha value is -4.79. The van der Waals surface area contributed by atoms with Crippen LogP contribution in [0.2, 0.25) is 0 Å².